The van der Waals surface area contributed by atoms with E-state index in [0.717, 1.165) is 40.8 Å². The number of hydrogen-bond donors (Lipinski definition) is 1. The zero-order valence-electron chi connectivity index (χ0n) is 16.4. The molecule has 146 valence electrons. The largest absolute Gasteiger partial charge is 0.497 e. The van der Waals surface area contributed by atoms with Crippen LogP contribution in [-0.4, -0.2) is 31.8 Å². The second-order valence-electron chi connectivity index (χ2n) is 6.44. The Morgan fingerprint density at radius 2 is 1.86 bits per heavy atom. The highest BCUT2D eigenvalue weighted by molar-refractivity contribution is 5.53. The van der Waals surface area contributed by atoms with Crippen molar-refractivity contribution < 1.29 is 4.74 Å². The van der Waals surface area contributed by atoms with Gasteiger partial charge in [0.05, 0.1) is 25.0 Å². The Hall–Kier alpha value is -3.74. The zero-order valence-corrected chi connectivity index (χ0v) is 16.4. The topological polar surface area (TPSA) is 77.8 Å². The van der Waals surface area contributed by atoms with E-state index in [-0.39, 0.29) is 0 Å². The van der Waals surface area contributed by atoms with Crippen LogP contribution in [0.5, 0.6) is 5.75 Å². The molecule has 0 aliphatic rings. The van der Waals surface area contributed by atoms with Crippen molar-refractivity contribution in [1.29, 1.82) is 0 Å². The summed E-state index contributed by atoms with van der Waals surface area (Å²) in [6.07, 6.45) is 4.51. The summed E-state index contributed by atoms with van der Waals surface area (Å²) in [6.45, 7) is 2.63. The van der Waals surface area contributed by atoms with Crippen molar-refractivity contribution in [3.8, 4) is 23.0 Å². The summed E-state index contributed by atoms with van der Waals surface area (Å²) < 4.78 is 7.04. The van der Waals surface area contributed by atoms with Crippen molar-refractivity contribution in [3.63, 3.8) is 0 Å². The number of pyridine rings is 1. The molecule has 3 heterocycles. The number of anilines is 1. The molecule has 0 saturated heterocycles. The molecule has 7 heteroatoms. The number of nitrogens with zero attached hydrogens (tertiary/aromatic N) is 5. The van der Waals surface area contributed by atoms with Gasteiger partial charge >= 0.3 is 0 Å². The van der Waals surface area contributed by atoms with Crippen molar-refractivity contribution in [2.45, 2.75) is 19.9 Å². The first-order valence-corrected chi connectivity index (χ1v) is 9.47. The van der Waals surface area contributed by atoms with Crippen molar-refractivity contribution in [2.24, 2.45) is 0 Å². The van der Waals surface area contributed by atoms with Crippen LogP contribution < -0.4 is 10.1 Å². The number of methoxy groups -OCH3 is 1. The molecular weight excluding hydrogens is 364 g/mol. The second-order valence-corrected chi connectivity index (χ2v) is 6.44. The minimum Gasteiger partial charge on any atom is -0.497 e. The van der Waals surface area contributed by atoms with Crippen LogP contribution in [0.15, 0.2) is 67.0 Å². The summed E-state index contributed by atoms with van der Waals surface area (Å²) in [6, 6.07) is 17.5. The number of benzene rings is 1. The molecule has 0 fully saturated rings. The lowest BCUT2D eigenvalue weighted by atomic mass is 10.2. The molecule has 1 N–H and O–H groups in total. The van der Waals surface area contributed by atoms with Gasteiger partial charge in [0.15, 0.2) is 5.82 Å². The molecule has 0 amide bonds. The van der Waals surface area contributed by atoms with Gasteiger partial charge in [-0.05, 0) is 48.9 Å². The van der Waals surface area contributed by atoms with Crippen LogP contribution in [0.3, 0.4) is 0 Å². The van der Waals surface area contributed by atoms with Crippen molar-refractivity contribution in [1.82, 2.24) is 24.7 Å². The number of nitrogens with one attached hydrogen (secondary N) is 1. The maximum atomic E-state index is 5.20. The van der Waals surface area contributed by atoms with Gasteiger partial charge in [-0.1, -0.05) is 13.0 Å². The molecule has 4 rings (SSSR count). The molecule has 0 aliphatic heterocycles. The van der Waals surface area contributed by atoms with Crippen LogP contribution in [0.25, 0.3) is 17.2 Å². The molecule has 0 atom stereocenters. The third-order valence-corrected chi connectivity index (χ3v) is 4.47. The third-order valence-electron chi connectivity index (χ3n) is 4.47. The zero-order chi connectivity index (χ0) is 20.1. The number of rotatable bonds is 7. The lowest BCUT2D eigenvalue weighted by Crippen LogP contribution is -2.06. The molecule has 0 saturated carbocycles. The van der Waals surface area contributed by atoms with E-state index in [2.05, 4.69) is 32.3 Å². The molecule has 29 heavy (non-hydrogen) atoms. The van der Waals surface area contributed by atoms with Crippen LogP contribution in [0.4, 0.5) is 5.82 Å². The molecule has 0 aliphatic carbocycles. The predicted octanol–water partition coefficient (Wildman–Crippen LogP) is 3.91. The fourth-order valence-electron chi connectivity index (χ4n) is 2.89. The molecule has 4 aromatic rings. The van der Waals surface area contributed by atoms with Gasteiger partial charge in [0.25, 0.3) is 0 Å². The highest BCUT2D eigenvalue weighted by atomic mass is 16.5. The Labute approximate surface area is 169 Å². The van der Waals surface area contributed by atoms with E-state index in [0.29, 0.717) is 12.4 Å². The summed E-state index contributed by atoms with van der Waals surface area (Å²) in [5, 5.41) is 7.99. The molecule has 0 spiro atoms. The van der Waals surface area contributed by atoms with Crippen LogP contribution in [0.2, 0.25) is 0 Å². The Kier molecular flexibility index (Phi) is 5.47. The first kappa shape index (κ1) is 18.6. The number of ether oxygens (including phenoxy) is 1. The molecule has 3 aromatic heterocycles. The summed E-state index contributed by atoms with van der Waals surface area (Å²) in [5.41, 5.74) is 3.61. The van der Waals surface area contributed by atoms with Gasteiger partial charge < -0.3 is 10.1 Å². The highest BCUT2D eigenvalue weighted by Crippen LogP contribution is 2.17. The fourth-order valence-corrected chi connectivity index (χ4v) is 2.89. The van der Waals surface area contributed by atoms with Gasteiger partial charge in [0, 0.05) is 24.2 Å². The fraction of sp³-hybridized carbons (Fsp3) is 0.182. The Morgan fingerprint density at radius 1 is 1.00 bits per heavy atom. The van der Waals surface area contributed by atoms with E-state index in [1.807, 2.05) is 65.5 Å². The minimum absolute atomic E-state index is 0.560. The minimum atomic E-state index is 0.560. The molecule has 1 aromatic carbocycles. The van der Waals surface area contributed by atoms with Crippen LogP contribution in [0.1, 0.15) is 18.3 Å². The molecular formula is C22H22N6O. The highest BCUT2D eigenvalue weighted by Gasteiger charge is 2.08. The van der Waals surface area contributed by atoms with Gasteiger partial charge in [-0.3, -0.25) is 4.98 Å². The van der Waals surface area contributed by atoms with Gasteiger partial charge in [-0.2, -0.15) is 5.10 Å². The summed E-state index contributed by atoms with van der Waals surface area (Å²) in [5.74, 6) is 2.20. The van der Waals surface area contributed by atoms with Crippen LogP contribution in [0, 0.1) is 0 Å². The Balaban J connectivity index is 1.49. The Bertz CT molecular complexity index is 1080. The van der Waals surface area contributed by atoms with Crippen molar-refractivity contribution in [3.05, 3.63) is 78.4 Å². The first-order valence-electron chi connectivity index (χ1n) is 9.47. The number of hydrogen-bond acceptors (Lipinski definition) is 6. The van der Waals surface area contributed by atoms with E-state index >= 15 is 0 Å². The molecule has 0 bridgehead atoms. The van der Waals surface area contributed by atoms with E-state index in [1.54, 1.807) is 13.3 Å². The van der Waals surface area contributed by atoms with E-state index in [9.17, 15) is 0 Å². The van der Waals surface area contributed by atoms with Gasteiger partial charge in [0.1, 0.15) is 17.3 Å². The smallest absolute Gasteiger partial charge is 0.180 e. The maximum Gasteiger partial charge on any atom is 0.180 e. The van der Waals surface area contributed by atoms with Crippen LogP contribution in [-0.2, 0) is 13.0 Å². The second kappa shape index (κ2) is 8.52. The van der Waals surface area contributed by atoms with Crippen LogP contribution >= 0.6 is 0 Å². The monoisotopic (exact) mass is 386 g/mol. The van der Waals surface area contributed by atoms with Gasteiger partial charge in [-0.15, -0.1) is 0 Å². The average molecular weight is 386 g/mol. The predicted molar refractivity (Wildman–Crippen MR) is 112 cm³/mol. The lowest BCUT2D eigenvalue weighted by Gasteiger charge is -2.08. The van der Waals surface area contributed by atoms with Crippen molar-refractivity contribution in [2.75, 3.05) is 12.4 Å². The van der Waals surface area contributed by atoms with Gasteiger partial charge in [-0.25, -0.2) is 14.6 Å². The molecule has 0 radical (unpaired) electrons. The third kappa shape index (κ3) is 4.40. The Morgan fingerprint density at radius 3 is 2.59 bits per heavy atom. The first-order chi connectivity index (χ1) is 14.2. The maximum absolute atomic E-state index is 5.20. The van der Waals surface area contributed by atoms with E-state index < -0.39 is 0 Å². The number of aryl methyl sites for hydroxylation is 1. The van der Waals surface area contributed by atoms with E-state index in [1.165, 1.54) is 0 Å². The lowest BCUT2D eigenvalue weighted by molar-refractivity contribution is 0.414. The average Bonchev–Trinajstić information content (AvgIpc) is 3.27. The van der Waals surface area contributed by atoms with Crippen molar-refractivity contribution >= 4 is 5.82 Å². The standard InChI is InChI=1S/C22H22N6O/c1-3-16-14-21(26-22(25-16)20-6-4-5-12-23-20)24-15-17-11-13-28(27-17)18-7-9-19(29-2)10-8-18/h4-14H,3,15H2,1-2H3,(H,24,25,26). The summed E-state index contributed by atoms with van der Waals surface area (Å²) >= 11 is 0. The number of aromatic nitrogens is 5. The summed E-state index contributed by atoms with van der Waals surface area (Å²) in [7, 11) is 1.66. The van der Waals surface area contributed by atoms with Gasteiger partial charge in [0.2, 0.25) is 0 Å². The molecule has 7 nitrogen and oxygen atoms in total. The quantitative estimate of drug-likeness (QED) is 0.519. The van der Waals surface area contributed by atoms with E-state index in [4.69, 9.17) is 4.74 Å². The SMILES string of the molecule is CCc1cc(NCc2ccn(-c3ccc(OC)cc3)n2)nc(-c2ccccn2)n1. The summed E-state index contributed by atoms with van der Waals surface area (Å²) in [4.78, 5) is 13.6. The molecule has 0 unspecified atom stereocenters. The normalized spacial score (nSPS) is 10.7.